The van der Waals surface area contributed by atoms with Crippen molar-refractivity contribution in [2.24, 2.45) is 0 Å². The summed E-state index contributed by atoms with van der Waals surface area (Å²) in [5, 5.41) is 3.42. The molecule has 0 bridgehead atoms. The van der Waals surface area contributed by atoms with Gasteiger partial charge in [0, 0.05) is 11.6 Å². The number of ether oxygens (including phenoxy) is 3. The lowest BCUT2D eigenvalue weighted by atomic mass is 9.91. The lowest BCUT2D eigenvalue weighted by Crippen LogP contribution is -2.29. The minimum Gasteiger partial charge on any atom is -0.497 e. The first-order chi connectivity index (χ1) is 16.7. The molecule has 1 aliphatic heterocycles. The molecular weight excluding hydrogens is 430 g/mol. The predicted octanol–water partition coefficient (Wildman–Crippen LogP) is 5.04. The number of nitrogens with one attached hydrogen (secondary N) is 1. The fraction of sp³-hybridized carbons (Fsp3) is 0.185. The van der Waals surface area contributed by atoms with Crippen LogP contribution in [0.5, 0.6) is 11.5 Å². The second-order valence-electron chi connectivity index (χ2n) is 7.80. The van der Waals surface area contributed by atoms with E-state index in [0.29, 0.717) is 28.7 Å². The molecule has 34 heavy (non-hydrogen) atoms. The van der Waals surface area contributed by atoms with E-state index in [2.05, 4.69) is 5.32 Å². The highest BCUT2D eigenvalue weighted by Crippen LogP contribution is 2.45. The molecule has 0 amide bonds. The van der Waals surface area contributed by atoms with Crippen molar-refractivity contribution in [2.45, 2.75) is 13.0 Å². The zero-order valence-electron chi connectivity index (χ0n) is 19.2. The van der Waals surface area contributed by atoms with E-state index in [1.165, 1.54) is 0 Å². The van der Waals surface area contributed by atoms with Crippen molar-refractivity contribution in [1.29, 1.82) is 0 Å². The van der Waals surface area contributed by atoms with Gasteiger partial charge in [-0.25, -0.2) is 9.78 Å². The van der Waals surface area contributed by atoms with Crippen LogP contribution in [-0.4, -0.2) is 36.3 Å². The number of rotatable bonds is 6. The Morgan fingerprint density at radius 2 is 1.76 bits per heavy atom. The number of benzene rings is 3. The van der Waals surface area contributed by atoms with Crippen LogP contribution in [0.1, 0.15) is 24.1 Å². The number of hydrogen-bond donors (Lipinski definition) is 1. The van der Waals surface area contributed by atoms with Crippen LogP contribution in [0.3, 0.4) is 0 Å². The molecule has 0 aliphatic carbocycles. The summed E-state index contributed by atoms with van der Waals surface area (Å²) in [6.45, 7) is 2.06. The van der Waals surface area contributed by atoms with Crippen LogP contribution >= 0.6 is 0 Å². The Hall–Kier alpha value is -4.26. The molecule has 3 aromatic carbocycles. The van der Waals surface area contributed by atoms with Crippen LogP contribution in [0.15, 0.2) is 78.4 Å². The quantitative estimate of drug-likeness (QED) is 0.411. The standard InChI is InChI=1S/C27H25N3O4/c1-4-34-26(31)23-24(17-10-6-5-7-11-17)29-27-28-20-12-8-9-13-21(20)30(27)25(23)19-15-14-18(32-2)16-22(19)33-3/h5-16,25H,4H2,1-3H3,(H,28,29)/t25-/m0/s1. The number of imidazole rings is 1. The average Bonchev–Trinajstić information content (AvgIpc) is 3.26. The Kier molecular flexibility index (Phi) is 5.67. The molecule has 1 aromatic heterocycles. The largest absolute Gasteiger partial charge is 0.497 e. The van der Waals surface area contributed by atoms with Crippen LogP contribution in [0.4, 0.5) is 5.95 Å². The van der Waals surface area contributed by atoms with Gasteiger partial charge in [0.15, 0.2) is 0 Å². The Bertz CT molecular complexity index is 1390. The number of esters is 1. The topological polar surface area (TPSA) is 74.6 Å². The molecule has 0 saturated heterocycles. The molecule has 1 atom stereocenters. The van der Waals surface area contributed by atoms with Gasteiger partial charge in [0.05, 0.1) is 43.1 Å². The number of methoxy groups -OCH3 is 2. The van der Waals surface area contributed by atoms with Gasteiger partial charge in [0.2, 0.25) is 5.95 Å². The van der Waals surface area contributed by atoms with Gasteiger partial charge in [0.1, 0.15) is 17.5 Å². The van der Waals surface area contributed by atoms with E-state index in [1.54, 1.807) is 21.1 Å². The summed E-state index contributed by atoms with van der Waals surface area (Å²) in [4.78, 5) is 18.4. The number of nitrogens with zero attached hydrogens (tertiary/aromatic N) is 2. The number of carbonyl (C=O) groups excluding carboxylic acids is 1. The monoisotopic (exact) mass is 455 g/mol. The fourth-order valence-electron chi connectivity index (χ4n) is 4.43. The summed E-state index contributed by atoms with van der Waals surface area (Å²) in [6.07, 6.45) is 0. The van der Waals surface area contributed by atoms with Crippen molar-refractivity contribution < 1.29 is 19.0 Å². The molecule has 1 aliphatic rings. The molecule has 0 unspecified atom stereocenters. The van der Waals surface area contributed by atoms with E-state index in [0.717, 1.165) is 22.2 Å². The molecule has 0 fully saturated rings. The Labute approximate surface area is 197 Å². The maximum absolute atomic E-state index is 13.5. The van der Waals surface area contributed by atoms with Gasteiger partial charge in [-0.05, 0) is 36.8 Å². The van der Waals surface area contributed by atoms with Gasteiger partial charge in [-0.2, -0.15) is 0 Å². The number of anilines is 1. The van der Waals surface area contributed by atoms with Gasteiger partial charge in [0.25, 0.3) is 0 Å². The zero-order valence-corrected chi connectivity index (χ0v) is 19.2. The van der Waals surface area contributed by atoms with E-state index in [9.17, 15) is 4.79 Å². The minimum atomic E-state index is -0.543. The van der Waals surface area contributed by atoms with E-state index < -0.39 is 12.0 Å². The van der Waals surface area contributed by atoms with Crippen LogP contribution in [0.2, 0.25) is 0 Å². The van der Waals surface area contributed by atoms with Crippen molar-refractivity contribution in [3.63, 3.8) is 0 Å². The molecule has 5 rings (SSSR count). The lowest BCUT2D eigenvalue weighted by molar-refractivity contribution is -0.138. The molecule has 1 N–H and O–H groups in total. The van der Waals surface area contributed by atoms with Crippen molar-refractivity contribution in [3.05, 3.63) is 89.5 Å². The molecule has 7 nitrogen and oxygen atoms in total. The predicted molar refractivity (Wildman–Crippen MR) is 131 cm³/mol. The Morgan fingerprint density at radius 1 is 1.00 bits per heavy atom. The summed E-state index contributed by atoms with van der Waals surface area (Å²) >= 11 is 0. The second kappa shape index (κ2) is 8.94. The van der Waals surface area contributed by atoms with Crippen LogP contribution in [0.25, 0.3) is 16.7 Å². The number of carbonyl (C=O) groups is 1. The van der Waals surface area contributed by atoms with E-state index >= 15 is 0 Å². The summed E-state index contributed by atoms with van der Waals surface area (Å²) in [6, 6.07) is 22.7. The maximum Gasteiger partial charge on any atom is 0.338 e. The van der Waals surface area contributed by atoms with Crippen LogP contribution in [0, 0.1) is 0 Å². The third kappa shape index (κ3) is 3.55. The second-order valence-corrected chi connectivity index (χ2v) is 7.80. The van der Waals surface area contributed by atoms with Gasteiger partial charge < -0.3 is 19.5 Å². The van der Waals surface area contributed by atoms with Gasteiger partial charge in [-0.15, -0.1) is 0 Å². The van der Waals surface area contributed by atoms with E-state index in [4.69, 9.17) is 19.2 Å². The zero-order chi connectivity index (χ0) is 23.7. The van der Waals surface area contributed by atoms with Gasteiger partial charge in [-0.3, -0.25) is 4.57 Å². The van der Waals surface area contributed by atoms with Gasteiger partial charge >= 0.3 is 5.97 Å². The molecule has 0 radical (unpaired) electrons. The molecule has 0 saturated carbocycles. The third-order valence-electron chi connectivity index (χ3n) is 5.93. The Morgan fingerprint density at radius 3 is 2.50 bits per heavy atom. The fourth-order valence-corrected chi connectivity index (χ4v) is 4.43. The average molecular weight is 456 g/mol. The van der Waals surface area contributed by atoms with E-state index in [-0.39, 0.29) is 6.61 Å². The van der Waals surface area contributed by atoms with Crippen molar-refractivity contribution >= 4 is 28.6 Å². The molecular formula is C27H25N3O4. The smallest absolute Gasteiger partial charge is 0.338 e. The molecule has 4 aromatic rings. The molecule has 172 valence electrons. The maximum atomic E-state index is 13.5. The SMILES string of the molecule is CCOC(=O)C1=C(c2ccccc2)Nc2nc3ccccc3n2[C@H]1c1ccc(OC)cc1OC. The van der Waals surface area contributed by atoms with Crippen molar-refractivity contribution in [1.82, 2.24) is 9.55 Å². The first-order valence-electron chi connectivity index (χ1n) is 11.1. The number of para-hydroxylation sites is 2. The van der Waals surface area contributed by atoms with Crippen molar-refractivity contribution in [3.8, 4) is 11.5 Å². The molecule has 2 heterocycles. The Balaban J connectivity index is 1.85. The highest BCUT2D eigenvalue weighted by Gasteiger charge is 2.38. The highest BCUT2D eigenvalue weighted by molar-refractivity contribution is 6.03. The number of aromatic nitrogens is 2. The first kappa shape index (κ1) is 21.6. The first-order valence-corrected chi connectivity index (χ1v) is 11.1. The van der Waals surface area contributed by atoms with Crippen LogP contribution in [-0.2, 0) is 9.53 Å². The highest BCUT2D eigenvalue weighted by atomic mass is 16.5. The van der Waals surface area contributed by atoms with Crippen molar-refractivity contribution in [2.75, 3.05) is 26.1 Å². The summed E-state index contributed by atoms with van der Waals surface area (Å²) in [7, 11) is 3.22. The summed E-state index contributed by atoms with van der Waals surface area (Å²) in [5.41, 5.74) is 4.51. The lowest BCUT2D eigenvalue weighted by Gasteiger charge is -2.32. The van der Waals surface area contributed by atoms with Gasteiger partial charge in [-0.1, -0.05) is 42.5 Å². The minimum absolute atomic E-state index is 0.258. The number of hydrogen-bond acceptors (Lipinski definition) is 6. The molecule has 7 heteroatoms. The van der Waals surface area contributed by atoms with E-state index in [1.807, 2.05) is 77.4 Å². The normalized spacial score (nSPS) is 15.0. The van der Waals surface area contributed by atoms with Crippen LogP contribution < -0.4 is 14.8 Å². The third-order valence-corrected chi connectivity index (χ3v) is 5.93. The summed E-state index contributed by atoms with van der Waals surface area (Å²) < 4.78 is 18.8. The summed E-state index contributed by atoms with van der Waals surface area (Å²) in [5.74, 6) is 1.50. The molecule has 0 spiro atoms. The number of fused-ring (bicyclic) bond motifs is 3.